The van der Waals surface area contributed by atoms with Crippen molar-refractivity contribution in [2.75, 3.05) is 20.2 Å². The first-order chi connectivity index (χ1) is 12.9. The largest absolute Gasteiger partial charge is 0.496 e. The molecule has 27 heavy (non-hydrogen) atoms. The molecule has 1 aromatic rings. The molecule has 3 rings (SSSR count). The fourth-order valence-corrected chi connectivity index (χ4v) is 5.24. The Morgan fingerprint density at radius 1 is 1.11 bits per heavy atom. The number of carbonyl (C=O) groups excluding carboxylic acids is 1. The zero-order valence-electron chi connectivity index (χ0n) is 16.2. The maximum atomic E-state index is 13.0. The Hall–Kier alpha value is -1.60. The lowest BCUT2D eigenvalue weighted by atomic mass is 9.96. The zero-order chi connectivity index (χ0) is 19.4. The molecule has 2 fully saturated rings. The molecular formula is C20H30N2O4S. The monoisotopic (exact) mass is 394 g/mol. The van der Waals surface area contributed by atoms with E-state index in [9.17, 15) is 13.2 Å². The quantitative estimate of drug-likeness (QED) is 0.832. The highest BCUT2D eigenvalue weighted by Gasteiger charge is 2.27. The molecule has 0 aromatic heterocycles. The van der Waals surface area contributed by atoms with Crippen molar-refractivity contribution in [3.05, 3.63) is 23.8 Å². The minimum atomic E-state index is -3.66. The van der Waals surface area contributed by atoms with Gasteiger partial charge in [0, 0.05) is 19.1 Å². The smallest absolute Gasteiger partial charge is 0.257 e. The number of methoxy groups -OCH3 is 1. The summed E-state index contributed by atoms with van der Waals surface area (Å²) in [5.74, 6) is 0.867. The number of amides is 1. The van der Waals surface area contributed by atoms with Crippen LogP contribution in [0.3, 0.4) is 0 Å². The van der Waals surface area contributed by atoms with Crippen LogP contribution in [0, 0.1) is 5.92 Å². The van der Waals surface area contributed by atoms with Crippen molar-refractivity contribution in [3.63, 3.8) is 0 Å². The van der Waals surface area contributed by atoms with E-state index in [1.54, 1.807) is 11.0 Å². The molecule has 1 aromatic carbocycles. The van der Waals surface area contributed by atoms with Crippen molar-refractivity contribution < 1.29 is 17.9 Å². The molecule has 0 spiro atoms. The highest BCUT2D eigenvalue weighted by atomic mass is 32.2. The number of piperidine rings is 1. The maximum Gasteiger partial charge on any atom is 0.257 e. The van der Waals surface area contributed by atoms with Gasteiger partial charge >= 0.3 is 0 Å². The first kappa shape index (κ1) is 20.1. The number of benzene rings is 1. The van der Waals surface area contributed by atoms with Gasteiger partial charge in [0.1, 0.15) is 5.75 Å². The first-order valence-electron chi connectivity index (χ1n) is 9.90. The highest BCUT2D eigenvalue weighted by molar-refractivity contribution is 7.89. The third kappa shape index (κ3) is 4.82. The summed E-state index contributed by atoms with van der Waals surface area (Å²) >= 11 is 0. The predicted octanol–water partition coefficient (Wildman–Crippen LogP) is 3.18. The second-order valence-electron chi connectivity index (χ2n) is 7.79. The van der Waals surface area contributed by atoms with Gasteiger partial charge in [0.05, 0.1) is 17.6 Å². The van der Waals surface area contributed by atoms with Gasteiger partial charge in [-0.2, -0.15) is 0 Å². The molecule has 150 valence electrons. The van der Waals surface area contributed by atoms with Crippen LogP contribution in [0.5, 0.6) is 5.75 Å². The third-order valence-electron chi connectivity index (χ3n) is 5.71. The summed E-state index contributed by atoms with van der Waals surface area (Å²) in [5, 5.41) is 0. The summed E-state index contributed by atoms with van der Waals surface area (Å²) in [6, 6.07) is 4.53. The second-order valence-corrected chi connectivity index (χ2v) is 9.51. The van der Waals surface area contributed by atoms with E-state index in [4.69, 9.17) is 4.74 Å². The van der Waals surface area contributed by atoms with Crippen LogP contribution < -0.4 is 9.46 Å². The van der Waals surface area contributed by atoms with E-state index in [0.29, 0.717) is 30.3 Å². The van der Waals surface area contributed by atoms with Crippen LogP contribution in [-0.2, 0) is 10.0 Å². The van der Waals surface area contributed by atoms with Crippen molar-refractivity contribution in [1.29, 1.82) is 0 Å². The summed E-state index contributed by atoms with van der Waals surface area (Å²) in [6.45, 7) is 3.58. The molecule has 0 unspecified atom stereocenters. The van der Waals surface area contributed by atoms with Gasteiger partial charge in [0.2, 0.25) is 10.0 Å². The predicted molar refractivity (Wildman–Crippen MR) is 104 cm³/mol. The van der Waals surface area contributed by atoms with Crippen LogP contribution in [0.1, 0.15) is 62.2 Å². The number of likely N-dealkylation sites (tertiary alicyclic amines) is 1. The minimum Gasteiger partial charge on any atom is -0.496 e. The number of nitrogens with one attached hydrogen (secondary N) is 1. The van der Waals surface area contributed by atoms with E-state index in [2.05, 4.69) is 11.6 Å². The fraction of sp³-hybridized carbons (Fsp3) is 0.650. The zero-order valence-corrected chi connectivity index (χ0v) is 17.1. The topological polar surface area (TPSA) is 75.7 Å². The molecule has 1 amide bonds. The summed E-state index contributed by atoms with van der Waals surface area (Å²) in [7, 11) is -2.16. The van der Waals surface area contributed by atoms with Crippen molar-refractivity contribution in [2.45, 2.75) is 62.8 Å². The molecule has 6 nitrogen and oxygen atoms in total. The Bertz CT molecular complexity index is 764. The van der Waals surface area contributed by atoms with E-state index in [-0.39, 0.29) is 16.8 Å². The molecule has 0 bridgehead atoms. The van der Waals surface area contributed by atoms with Crippen LogP contribution >= 0.6 is 0 Å². The Kier molecular flexibility index (Phi) is 6.42. The second kappa shape index (κ2) is 8.61. The number of nitrogens with zero attached hydrogens (tertiary/aromatic N) is 1. The molecule has 1 N–H and O–H groups in total. The van der Waals surface area contributed by atoms with E-state index in [0.717, 1.165) is 44.9 Å². The van der Waals surface area contributed by atoms with Gasteiger partial charge in [-0.3, -0.25) is 4.79 Å². The average Bonchev–Trinajstić information content (AvgIpc) is 2.68. The van der Waals surface area contributed by atoms with Crippen molar-refractivity contribution in [1.82, 2.24) is 9.62 Å². The summed E-state index contributed by atoms with van der Waals surface area (Å²) in [5.41, 5.74) is 0.318. The van der Waals surface area contributed by atoms with Crippen molar-refractivity contribution >= 4 is 15.9 Å². The van der Waals surface area contributed by atoms with Crippen LogP contribution in [0.4, 0.5) is 0 Å². The SMILES string of the molecule is COc1ccc(S(=O)(=O)NC2CCCCC2)cc1C(=O)N1CCC(C)CC1. The Morgan fingerprint density at radius 3 is 2.41 bits per heavy atom. The van der Waals surface area contributed by atoms with Gasteiger partial charge in [0.15, 0.2) is 0 Å². The summed E-state index contributed by atoms with van der Waals surface area (Å²) < 4.78 is 33.8. The van der Waals surface area contributed by atoms with Crippen LogP contribution in [-0.4, -0.2) is 45.5 Å². The number of sulfonamides is 1. The van der Waals surface area contributed by atoms with E-state index in [1.807, 2.05) is 0 Å². The van der Waals surface area contributed by atoms with Gasteiger partial charge in [-0.15, -0.1) is 0 Å². The standard InChI is InChI=1S/C20H30N2O4S/c1-15-10-12-22(13-11-15)20(23)18-14-17(8-9-19(18)26-2)27(24,25)21-16-6-4-3-5-7-16/h8-9,14-16,21H,3-7,10-13H2,1-2H3. The maximum absolute atomic E-state index is 13.0. The van der Waals surface area contributed by atoms with Crippen molar-refractivity contribution in [3.8, 4) is 5.75 Å². The summed E-state index contributed by atoms with van der Waals surface area (Å²) in [4.78, 5) is 14.9. The Balaban J connectivity index is 1.83. The number of hydrogen-bond donors (Lipinski definition) is 1. The van der Waals surface area contributed by atoms with Crippen LogP contribution in [0.25, 0.3) is 0 Å². The van der Waals surface area contributed by atoms with Gasteiger partial charge in [0.25, 0.3) is 5.91 Å². The summed E-state index contributed by atoms with van der Waals surface area (Å²) in [6.07, 6.45) is 6.93. The van der Waals surface area contributed by atoms with E-state index >= 15 is 0 Å². The molecule has 1 saturated heterocycles. The lowest BCUT2D eigenvalue weighted by Gasteiger charge is -2.30. The molecule has 7 heteroatoms. The Labute approximate surface area is 162 Å². The fourth-order valence-electron chi connectivity index (χ4n) is 3.91. The number of ether oxygens (including phenoxy) is 1. The van der Waals surface area contributed by atoms with E-state index in [1.165, 1.54) is 19.2 Å². The molecule has 2 aliphatic rings. The van der Waals surface area contributed by atoms with Crippen LogP contribution in [0.15, 0.2) is 23.1 Å². The van der Waals surface area contributed by atoms with Crippen LogP contribution in [0.2, 0.25) is 0 Å². The van der Waals surface area contributed by atoms with E-state index < -0.39 is 10.0 Å². The van der Waals surface area contributed by atoms with Crippen molar-refractivity contribution in [2.24, 2.45) is 5.92 Å². The number of hydrogen-bond acceptors (Lipinski definition) is 4. The van der Waals surface area contributed by atoms with Gasteiger partial charge in [-0.1, -0.05) is 26.2 Å². The highest BCUT2D eigenvalue weighted by Crippen LogP contribution is 2.27. The van der Waals surface area contributed by atoms with Gasteiger partial charge in [-0.05, 0) is 49.8 Å². The first-order valence-corrected chi connectivity index (χ1v) is 11.4. The number of rotatable bonds is 5. The van der Waals surface area contributed by atoms with Gasteiger partial charge in [-0.25, -0.2) is 13.1 Å². The minimum absolute atomic E-state index is 0.0198. The molecule has 1 heterocycles. The molecule has 0 radical (unpaired) electrons. The molecule has 1 aliphatic carbocycles. The lowest BCUT2D eigenvalue weighted by Crippen LogP contribution is -2.38. The molecule has 1 saturated carbocycles. The molecule has 0 atom stereocenters. The Morgan fingerprint density at radius 2 is 1.78 bits per heavy atom. The average molecular weight is 395 g/mol. The molecule has 1 aliphatic heterocycles. The normalized spacial score (nSPS) is 19.9. The lowest BCUT2D eigenvalue weighted by molar-refractivity contribution is 0.0693. The number of carbonyl (C=O) groups is 1. The third-order valence-corrected chi connectivity index (χ3v) is 7.23. The molecular weight excluding hydrogens is 364 g/mol. The van der Waals surface area contributed by atoms with Gasteiger partial charge < -0.3 is 9.64 Å².